The van der Waals surface area contributed by atoms with Crippen LogP contribution in [0.2, 0.25) is 0 Å². The minimum atomic E-state index is -3.84. The van der Waals surface area contributed by atoms with Gasteiger partial charge in [0.25, 0.3) is 0 Å². The molecule has 0 aliphatic carbocycles. The number of primary sulfonamides is 1. The lowest BCUT2D eigenvalue weighted by molar-refractivity contribution is 0.396. The second-order valence-electron chi connectivity index (χ2n) is 4.62. The maximum absolute atomic E-state index is 13.1. The molecule has 108 valence electrons. The molecule has 1 aromatic carbocycles. The van der Waals surface area contributed by atoms with Crippen LogP contribution in [0, 0.1) is 5.82 Å². The second-order valence-corrected chi connectivity index (χ2v) is 6.15. The molecule has 0 aliphatic rings. The first-order valence-corrected chi connectivity index (χ1v) is 7.56. The van der Waals surface area contributed by atoms with Gasteiger partial charge in [0, 0.05) is 6.54 Å². The molecular weight excluding hydrogens is 269 g/mol. The Morgan fingerprint density at radius 2 is 2.00 bits per heavy atom. The van der Waals surface area contributed by atoms with E-state index < -0.39 is 15.8 Å². The van der Waals surface area contributed by atoms with E-state index in [0.717, 1.165) is 31.5 Å². The van der Waals surface area contributed by atoms with Gasteiger partial charge in [-0.1, -0.05) is 0 Å². The highest BCUT2D eigenvalue weighted by Gasteiger charge is 2.14. The highest BCUT2D eigenvalue weighted by atomic mass is 32.2. The first-order valence-electron chi connectivity index (χ1n) is 6.01. The zero-order chi connectivity index (χ0) is 14.5. The number of rotatable bonds is 7. The van der Waals surface area contributed by atoms with Crippen molar-refractivity contribution in [1.29, 1.82) is 0 Å². The molecule has 7 heteroatoms. The lowest BCUT2D eigenvalue weighted by Crippen LogP contribution is -2.17. The van der Waals surface area contributed by atoms with E-state index in [1.54, 1.807) is 0 Å². The standard InChI is InChI=1S/C12H20FN3O2S/c1-16(2)8-4-3-7-15-11-9-10(13)5-6-12(11)19(14,17)18/h5-6,9,15H,3-4,7-8H2,1-2H3,(H2,14,17,18). The largest absolute Gasteiger partial charge is 0.384 e. The summed E-state index contributed by atoms with van der Waals surface area (Å²) in [6.07, 6.45) is 1.83. The van der Waals surface area contributed by atoms with Gasteiger partial charge >= 0.3 is 0 Å². The molecule has 0 radical (unpaired) electrons. The number of sulfonamides is 1. The zero-order valence-electron chi connectivity index (χ0n) is 11.2. The van der Waals surface area contributed by atoms with Gasteiger partial charge in [0.2, 0.25) is 10.0 Å². The van der Waals surface area contributed by atoms with Crippen LogP contribution < -0.4 is 10.5 Å². The van der Waals surface area contributed by atoms with Gasteiger partial charge in [0.05, 0.1) is 5.69 Å². The quantitative estimate of drug-likeness (QED) is 0.740. The summed E-state index contributed by atoms with van der Waals surface area (Å²) in [7, 11) is 0.127. The number of nitrogens with zero attached hydrogens (tertiary/aromatic N) is 1. The predicted octanol–water partition coefficient (Wildman–Crippen LogP) is 1.23. The van der Waals surface area contributed by atoms with Gasteiger partial charge in [-0.05, 0) is 51.7 Å². The SMILES string of the molecule is CN(C)CCCCNc1cc(F)ccc1S(N)(=O)=O. The highest BCUT2D eigenvalue weighted by molar-refractivity contribution is 7.89. The van der Waals surface area contributed by atoms with Gasteiger partial charge in [-0.25, -0.2) is 17.9 Å². The van der Waals surface area contributed by atoms with Crippen molar-refractivity contribution in [2.45, 2.75) is 17.7 Å². The van der Waals surface area contributed by atoms with E-state index in [1.807, 2.05) is 14.1 Å². The Hall–Kier alpha value is -1.18. The van der Waals surface area contributed by atoms with Crippen LogP contribution >= 0.6 is 0 Å². The number of halogens is 1. The molecule has 0 aromatic heterocycles. The van der Waals surface area contributed by atoms with Crippen molar-refractivity contribution in [2.24, 2.45) is 5.14 Å². The number of nitrogens with one attached hydrogen (secondary N) is 1. The molecule has 1 rings (SSSR count). The predicted molar refractivity (Wildman–Crippen MR) is 74.1 cm³/mol. The Bertz CT molecular complexity index is 518. The average Bonchev–Trinajstić information content (AvgIpc) is 2.26. The molecule has 0 unspecified atom stereocenters. The normalized spacial score (nSPS) is 11.8. The molecule has 0 bridgehead atoms. The van der Waals surface area contributed by atoms with Crippen LogP contribution in [0.25, 0.3) is 0 Å². The number of unbranched alkanes of at least 4 members (excludes halogenated alkanes) is 1. The second kappa shape index (κ2) is 6.83. The minimum Gasteiger partial charge on any atom is -0.384 e. The van der Waals surface area contributed by atoms with E-state index in [-0.39, 0.29) is 10.6 Å². The third-order valence-electron chi connectivity index (χ3n) is 2.60. The Labute approximate surface area is 113 Å². The van der Waals surface area contributed by atoms with Crippen LogP contribution in [0.5, 0.6) is 0 Å². The van der Waals surface area contributed by atoms with E-state index in [0.29, 0.717) is 6.54 Å². The third-order valence-corrected chi connectivity index (χ3v) is 3.56. The summed E-state index contributed by atoms with van der Waals surface area (Å²) in [5, 5.41) is 8.00. The number of benzene rings is 1. The van der Waals surface area contributed by atoms with Crippen LogP contribution in [0.1, 0.15) is 12.8 Å². The van der Waals surface area contributed by atoms with Crippen molar-refractivity contribution in [3.63, 3.8) is 0 Å². The fourth-order valence-electron chi connectivity index (χ4n) is 1.66. The fourth-order valence-corrected chi connectivity index (χ4v) is 2.36. The summed E-state index contributed by atoms with van der Waals surface area (Å²) in [6.45, 7) is 1.52. The van der Waals surface area contributed by atoms with Gasteiger partial charge in [-0.2, -0.15) is 0 Å². The number of hydrogen-bond donors (Lipinski definition) is 2. The molecule has 1 aromatic rings. The molecule has 0 aliphatic heterocycles. The molecule has 19 heavy (non-hydrogen) atoms. The average molecular weight is 289 g/mol. The van der Waals surface area contributed by atoms with Crippen LogP contribution in [-0.2, 0) is 10.0 Å². The summed E-state index contributed by atoms with van der Waals surface area (Å²) in [5.74, 6) is -0.497. The molecular formula is C12H20FN3O2S. The van der Waals surface area contributed by atoms with Gasteiger partial charge in [0.1, 0.15) is 10.7 Å². The summed E-state index contributed by atoms with van der Waals surface area (Å²) in [6, 6.07) is 3.40. The number of hydrogen-bond acceptors (Lipinski definition) is 4. The lowest BCUT2D eigenvalue weighted by Gasteiger charge is -2.12. The maximum atomic E-state index is 13.1. The van der Waals surface area contributed by atoms with Crippen molar-refractivity contribution < 1.29 is 12.8 Å². The molecule has 0 spiro atoms. The number of anilines is 1. The summed E-state index contributed by atoms with van der Waals surface area (Å²) in [5.41, 5.74) is 0.215. The van der Waals surface area contributed by atoms with E-state index >= 15 is 0 Å². The number of nitrogens with two attached hydrogens (primary N) is 1. The fraction of sp³-hybridized carbons (Fsp3) is 0.500. The zero-order valence-corrected chi connectivity index (χ0v) is 12.0. The van der Waals surface area contributed by atoms with Crippen LogP contribution in [-0.4, -0.2) is 40.5 Å². The molecule has 0 fully saturated rings. The van der Waals surface area contributed by atoms with Gasteiger partial charge in [-0.3, -0.25) is 0 Å². The van der Waals surface area contributed by atoms with Gasteiger partial charge in [-0.15, -0.1) is 0 Å². The Morgan fingerprint density at radius 3 is 2.58 bits per heavy atom. The maximum Gasteiger partial charge on any atom is 0.240 e. The molecule has 0 atom stereocenters. The van der Waals surface area contributed by atoms with Crippen LogP contribution in [0.4, 0.5) is 10.1 Å². The first-order chi connectivity index (χ1) is 8.80. The van der Waals surface area contributed by atoms with Crippen molar-refractivity contribution in [1.82, 2.24) is 4.90 Å². The summed E-state index contributed by atoms with van der Waals surface area (Å²) < 4.78 is 35.8. The monoisotopic (exact) mass is 289 g/mol. The Kier molecular flexibility index (Phi) is 5.71. The van der Waals surface area contributed by atoms with Gasteiger partial charge in [0.15, 0.2) is 0 Å². The highest BCUT2D eigenvalue weighted by Crippen LogP contribution is 2.21. The summed E-state index contributed by atoms with van der Waals surface area (Å²) in [4.78, 5) is 1.99. The van der Waals surface area contributed by atoms with Crippen molar-refractivity contribution in [3.05, 3.63) is 24.0 Å². The van der Waals surface area contributed by atoms with E-state index in [1.165, 1.54) is 6.07 Å². The molecule has 0 heterocycles. The molecule has 3 N–H and O–H groups in total. The van der Waals surface area contributed by atoms with Gasteiger partial charge < -0.3 is 10.2 Å². The van der Waals surface area contributed by atoms with E-state index in [4.69, 9.17) is 5.14 Å². The molecule has 0 saturated carbocycles. The van der Waals surface area contributed by atoms with E-state index in [2.05, 4.69) is 10.2 Å². The molecule has 5 nitrogen and oxygen atoms in total. The topological polar surface area (TPSA) is 75.4 Å². The summed E-state index contributed by atoms with van der Waals surface area (Å²) >= 11 is 0. The molecule has 0 saturated heterocycles. The molecule has 0 amide bonds. The minimum absolute atomic E-state index is 0.0819. The smallest absolute Gasteiger partial charge is 0.240 e. The van der Waals surface area contributed by atoms with Crippen molar-refractivity contribution >= 4 is 15.7 Å². The van der Waals surface area contributed by atoms with Crippen LogP contribution in [0.3, 0.4) is 0 Å². The first kappa shape index (κ1) is 15.9. The van der Waals surface area contributed by atoms with E-state index in [9.17, 15) is 12.8 Å². The van der Waals surface area contributed by atoms with Crippen molar-refractivity contribution in [3.8, 4) is 0 Å². The van der Waals surface area contributed by atoms with Crippen molar-refractivity contribution in [2.75, 3.05) is 32.5 Å². The Balaban J connectivity index is 2.64. The van der Waals surface area contributed by atoms with Crippen LogP contribution in [0.15, 0.2) is 23.1 Å². The third kappa shape index (κ3) is 5.54. The Morgan fingerprint density at radius 1 is 1.32 bits per heavy atom. The lowest BCUT2D eigenvalue weighted by atomic mass is 10.2.